The highest BCUT2D eigenvalue weighted by Gasteiger charge is 2.18. The Hall–Kier alpha value is -3.60. The monoisotopic (exact) mass is 411 g/mol. The first-order chi connectivity index (χ1) is 15.1. The fourth-order valence-corrected chi connectivity index (χ4v) is 4.71. The number of aromatic amines is 1. The van der Waals surface area contributed by atoms with Gasteiger partial charge in [-0.1, -0.05) is 31.2 Å². The van der Waals surface area contributed by atoms with Gasteiger partial charge in [-0.3, -0.25) is 14.3 Å². The number of nitrogens with one attached hydrogen (secondary N) is 1. The molecule has 0 aliphatic rings. The fraction of sp³-hybridized carbons (Fsp3) is 0.231. The molecule has 0 saturated heterocycles. The third-order valence-electron chi connectivity index (χ3n) is 6.27. The van der Waals surface area contributed by atoms with Crippen molar-refractivity contribution in [1.29, 1.82) is 0 Å². The Labute approximate surface area is 179 Å². The maximum Gasteiger partial charge on any atom is 0.197 e. The largest absolute Gasteiger partial charge is 0.354 e. The van der Waals surface area contributed by atoms with E-state index in [0.717, 1.165) is 47.0 Å². The Kier molecular flexibility index (Phi) is 4.54. The lowest BCUT2D eigenvalue weighted by Crippen LogP contribution is -2.36. The van der Waals surface area contributed by atoms with Crippen molar-refractivity contribution in [3.05, 3.63) is 80.6 Å². The molecule has 0 spiro atoms. The quantitative estimate of drug-likeness (QED) is 0.437. The number of benzene rings is 3. The van der Waals surface area contributed by atoms with Crippen molar-refractivity contribution in [2.24, 2.45) is 0 Å². The van der Waals surface area contributed by atoms with Crippen molar-refractivity contribution < 1.29 is 0 Å². The Balaban J connectivity index is 2.06. The summed E-state index contributed by atoms with van der Waals surface area (Å²) in [6.45, 7) is 7.84. The van der Waals surface area contributed by atoms with Gasteiger partial charge in [0.2, 0.25) is 0 Å². The molecule has 2 aromatic heterocycles. The second-order valence-electron chi connectivity index (χ2n) is 7.86. The third-order valence-corrected chi connectivity index (χ3v) is 6.27. The molecule has 5 nitrogen and oxygen atoms in total. The van der Waals surface area contributed by atoms with Gasteiger partial charge in [-0.15, -0.1) is 0 Å². The lowest BCUT2D eigenvalue weighted by molar-refractivity contribution is 0.653. The van der Waals surface area contributed by atoms with Crippen LogP contribution in [0.3, 0.4) is 0 Å². The summed E-state index contributed by atoms with van der Waals surface area (Å²) in [5.74, 6) is 0. The summed E-state index contributed by atoms with van der Waals surface area (Å²) in [5.41, 5.74) is 4.15. The second kappa shape index (κ2) is 7.27. The summed E-state index contributed by atoms with van der Waals surface area (Å²) in [5, 5.41) is 4.83. The van der Waals surface area contributed by atoms with Gasteiger partial charge in [-0.2, -0.15) is 0 Å². The summed E-state index contributed by atoms with van der Waals surface area (Å²) >= 11 is 0. The zero-order valence-electron chi connectivity index (χ0n) is 18.0. The molecule has 0 aliphatic heterocycles. The topological polar surface area (TPSA) is 58.1 Å². The van der Waals surface area contributed by atoms with Crippen LogP contribution in [0.15, 0.2) is 64.2 Å². The molecule has 0 saturated carbocycles. The molecule has 0 aliphatic carbocycles. The van der Waals surface area contributed by atoms with Gasteiger partial charge in [-0.25, -0.2) is 0 Å². The van der Waals surface area contributed by atoms with Crippen molar-refractivity contribution in [3.63, 3.8) is 0 Å². The zero-order valence-corrected chi connectivity index (χ0v) is 18.0. The highest BCUT2D eigenvalue weighted by Crippen LogP contribution is 2.26. The van der Waals surface area contributed by atoms with Crippen LogP contribution in [-0.2, 0) is 6.42 Å². The first-order valence-corrected chi connectivity index (χ1v) is 10.9. The number of aromatic nitrogens is 2. The van der Waals surface area contributed by atoms with Crippen LogP contribution in [0.25, 0.3) is 43.6 Å². The van der Waals surface area contributed by atoms with Gasteiger partial charge >= 0.3 is 0 Å². The predicted octanol–water partition coefficient (Wildman–Crippen LogP) is 4.69. The number of hydrogen-bond donors (Lipinski definition) is 1. The van der Waals surface area contributed by atoms with E-state index in [4.69, 9.17) is 0 Å². The van der Waals surface area contributed by atoms with Gasteiger partial charge in [0, 0.05) is 29.4 Å². The van der Waals surface area contributed by atoms with E-state index >= 15 is 0 Å². The highest BCUT2D eigenvalue weighted by atomic mass is 16.1. The normalized spacial score (nSPS) is 11.7. The molecular weight excluding hydrogens is 386 g/mol. The molecule has 5 aromatic rings. The summed E-state index contributed by atoms with van der Waals surface area (Å²) in [7, 11) is 0. The van der Waals surface area contributed by atoms with Gasteiger partial charge in [0.05, 0.1) is 27.3 Å². The minimum absolute atomic E-state index is 0.0155. The average Bonchev–Trinajstić information content (AvgIpc) is 2.80. The minimum atomic E-state index is -0.0211. The zero-order chi connectivity index (χ0) is 21.7. The molecule has 0 unspecified atom stereocenters. The van der Waals surface area contributed by atoms with Gasteiger partial charge in [0.1, 0.15) is 0 Å². The lowest BCUT2D eigenvalue weighted by Gasteiger charge is -2.28. The number of pyridine rings is 2. The van der Waals surface area contributed by atoms with Crippen molar-refractivity contribution in [2.75, 3.05) is 18.1 Å². The van der Waals surface area contributed by atoms with Crippen LogP contribution in [0.4, 0.5) is 0 Å². The molecular formula is C26H25N3O2. The van der Waals surface area contributed by atoms with E-state index in [2.05, 4.69) is 35.4 Å². The number of hydrogen-bond acceptors (Lipinski definition) is 3. The number of aryl methyl sites for hydroxylation is 1. The Morgan fingerprint density at radius 3 is 2.29 bits per heavy atom. The van der Waals surface area contributed by atoms with E-state index in [-0.39, 0.29) is 10.9 Å². The van der Waals surface area contributed by atoms with Gasteiger partial charge < -0.3 is 9.99 Å². The predicted molar refractivity (Wildman–Crippen MR) is 130 cm³/mol. The molecule has 5 rings (SSSR count). The summed E-state index contributed by atoms with van der Waals surface area (Å²) < 4.78 is 2.12. The first kappa shape index (κ1) is 19.4. The van der Waals surface area contributed by atoms with Crippen molar-refractivity contribution in [3.8, 4) is 0 Å². The molecule has 2 heterocycles. The SMILES string of the molecule is CCc1cccc2c1c(=O)c1cc3[nH]c4ccccc4c(=O)c3cc1n2N(CC)CC. The molecule has 156 valence electrons. The molecule has 1 N–H and O–H groups in total. The Morgan fingerprint density at radius 2 is 1.55 bits per heavy atom. The number of H-pyrrole nitrogens is 1. The highest BCUT2D eigenvalue weighted by molar-refractivity contribution is 6.03. The minimum Gasteiger partial charge on any atom is -0.354 e. The number of rotatable bonds is 4. The Morgan fingerprint density at radius 1 is 0.774 bits per heavy atom. The van der Waals surface area contributed by atoms with Crippen LogP contribution in [0.2, 0.25) is 0 Å². The molecule has 0 amide bonds. The maximum atomic E-state index is 13.7. The summed E-state index contributed by atoms with van der Waals surface area (Å²) in [6, 6.07) is 17.3. The molecule has 31 heavy (non-hydrogen) atoms. The first-order valence-electron chi connectivity index (χ1n) is 10.9. The van der Waals surface area contributed by atoms with Crippen molar-refractivity contribution in [2.45, 2.75) is 27.2 Å². The van der Waals surface area contributed by atoms with E-state index in [1.165, 1.54) is 0 Å². The molecule has 0 bridgehead atoms. The number of nitrogens with zero attached hydrogens (tertiary/aromatic N) is 2. The maximum absolute atomic E-state index is 13.7. The molecule has 3 aromatic carbocycles. The van der Waals surface area contributed by atoms with Crippen LogP contribution >= 0.6 is 0 Å². The van der Waals surface area contributed by atoms with Crippen molar-refractivity contribution in [1.82, 2.24) is 9.66 Å². The lowest BCUT2D eigenvalue weighted by atomic mass is 10.0. The fourth-order valence-electron chi connectivity index (χ4n) is 4.71. The van der Waals surface area contributed by atoms with Crippen LogP contribution in [-0.4, -0.2) is 22.7 Å². The van der Waals surface area contributed by atoms with E-state index < -0.39 is 0 Å². The van der Waals surface area contributed by atoms with E-state index in [9.17, 15) is 9.59 Å². The third kappa shape index (κ3) is 2.76. The molecule has 0 fully saturated rings. The van der Waals surface area contributed by atoms with Crippen LogP contribution < -0.4 is 15.9 Å². The smallest absolute Gasteiger partial charge is 0.197 e. The van der Waals surface area contributed by atoms with Crippen LogP contribution in [0.1, 0.15) is 26.3 Å². The Bertz CT molecular complexity index is 1590. The second-order valence-corrected chi connectivity index (χ2v) is 7.86. The van der Waals surface area contributed by atoms with Gasteiger partial charge in [0.15, 0.2) is 10.9 Å². The van der Waals surface area contributed by atoms with Gasteiger partial charge in [0.25, 0.3) is 0 Å². The van der Waals surface area contributed by atoms with Crippen molar-refractivity contribution >= 4 is 43.6 Å². The molecule has 0 radical (unpaired) electrons. The average molecular weight is 412 g/mol. The van der Waals surface area contributed by atoms with E-state index in [0.29, 0.717) is 21.7 Å². The van der Waals surface area contributed by atoms with E-state index in [1.54, 1.807) is 0 Å². The van der Waals surface area contributed by atoms with Crippen LogP contribution in [0, 0.1) is 0 Å². The van der Waals surface area contributed by atoms with Gasteiger partial charge in [-0.05, 0) is 56.2 Å². The number of para-hydroxylation sites is 1. The molecule has 0 atom stereocenters. The standard InChI is InChI=1S/C26H25N3O2/c1-4-16-10-9-13-22-24(16)26(31)19-14-21-18(15-23(19)29(22)28(5-2)6-3)25(30)17-11-7-8-12-20(17)27-21/h7-15H,4-6H2,1-3H3,(H,27,30). The van der Waals surface area contributed by atoms with Crippen LogP contribution in [0.5, 0.6) is 0 Å². The van der Waals surface area contributed by atoms with E-state index in [1.807, 2.05) is 54.6 Å². The summed E-state index contributed by atoms with van der Waals surface area (Å²) in [4.78, 5) is 30.3. The molecule has 5 heteroatoms. The number of fused-ring (bicyclic) bond motifs is 4. The summed E-state index contributed by atoms with van der Waals surface area (Å²) in [6.07, 6.45) is 0.783.